The number of rotatable bonds is 18. The number of ether oxygens (including phenoxy) is 2. The predicted molar refractivity (Wildman–Crippen MR) is 165 cm³/mol. The number of hydroxylamine groups is 1. The Morgan fingerprint density at radius 3 is 2.07 bits per heavy atom. The third-order valence-corrected chi connectivity index (χ3v) is 6.15. The average Bonchev–Trinajstić information content (AvgIpc) is 2.97. The van der Waals surface area contributed by atoms with Crippen LogP contribution in [0.1, 0.15) is 103 Å². The van der Waals surface area contributed by atoms with E-state index in [-0.39, 0.29) is 19.6 Å². The van der Waals surface area contributed by atoms with Crippen LogP contribution in [-0.2, 0) is 23.9 Å². The number of carbonyl (C=O) groups excluding carboxylic acids is 5. The number of nitrogens with one attached hydrogen (secondary N) is 4. The molecule has 0 radical (unpaired) electrons. The SMILES string of the molecule is CCCC[C@H](NC(=O)[C@H](CCCCNOC(=O)c1ccccc1)NC(=O)OC(C)(C)C)C(=O)NN(CCCC)C(=O)OCC. The third-order valence-electron chi connectivity index (χ3n) is 6.15. The molecule has 0 spiro atoms. The zero-order valence-corrected chi connectivity index (χ0v) is 27.0. The maximum absolute atomic E-state index is 13.4. The zero-order chi connectivity index (χ0) is 33.0. The first-order valence-electron chi connectivity index (χ1n) is 15.5. The van der Waals surface area contributed by atoms with Crippen LogP contribution in [0.3, 0.4) is 0 Å². The van der Waals surface area contributed by atoms with Crippen LogP contribution in [0.2, 0.25) is 0 Å². The Morgan fingerprint density at radius 1 is 0.818 bits per heavy atom. The van der Waals surface area contributed by atoms with Crippen molar-refractivity contribution in [2.24, 2.45) is 0 Å². The van der Waals surface area contributed by atoms with E-state index in [1.807, 2.05) is 13.8 Å². The number of hydrogen-bond donors (Lipinski definition) is 4. The summed E-state index contributed by atoms with van der Waals surface area (Å²) in [7, 11) is 0. The second-order valence-electron chi connectivity index (χ2n) is 11.2. The second kappa shape index (κ2) is 20.9. The minimum Gasteiger partial charge on any atom is -0.448 e. The molecule has 0 aliphatic heterocycles. The summed E-state index contributed by atoms with van der Waals surface area (Å²) in [4.78, 5) is 68.8. The smallest absolute Gasteiger partial charge is 0.428 e. The summed E-state index contributed by atoms with van der Waals surface area (Å²) in [6.45, 7) is 11.5. The molecule has 0 aromatic heterocycles. The van der Waals surface area contributed by atoms with E-state index in [4.69, 9.17) is 14.3 Å². The largest absolute Gasteiger partial charge is 0.448 e. The lowest BCUT2D eigenvalue weighted by atomic mass is 10.1. The molecule has 0 aliphatic rings. The number of hydrogen-bond acceptors (Lipinski definition) is 9. The molecular formula is C31H51N5O8. The molecule has 0 bridgehead atoms. The maximum Gasteiger partial charge on any atom is 0.428 e. The highest BCUT2D eigenvalue weighted by atomic mass is 16.7. The van der Waals surface area contributed by atoms with Crippen LogP contribution in [0, 0.1) is 0 Å². The molecule has 4 N–H and O–H groups in total. The molecule has 0 saturated heterocycles. The Labute approximate surface area is 261 Å². The molecule has 1 rings (SSSR count). The number of amides is 4. The molecule has 1 aromatic rings. The minimum absolute atomic E-state index is 0.149. The van der Waals surface area contributed by atoms with Crippen LogP contribution < -0.4 is 21.5 Å². The van der Waals surface area contributed by atoms with E-state index in [9.17, 15) is 24.0 Å². The first kappa shape index (κ1) is 38.2. The fourth-order valence-electron chi connectivity index (χ4n) is 3.88. The number of alkyl carbamates (subject to hydrolysis) is 1. The number of nitrogens with zero attached hydrogens (tertiary/aromatic N) is 1. The van der Waals surface area contributed by atoms with Crippen LogP contribution in [-0.4, -0.2) is 72.4 Å². The van der Waals surface area contributed by atoms with E-state index in [1.165, 1.54) is 0 Å². The average molecular weight is 622 g/mol. The van der Waals surface area contributed by atoms with E-state index < -0.39 is 47.7 Å². The van der Waals surface area contributed by atoms with Crippen molar-refractivity contribution < 1.29 is 38.3 Å². The molecule has 0 unspecified atom stereocenters. The van der Waals surface area contributed by atoms with Gasteiger partial charge in [-0.15, -0.1) is 0 Å². The Morgan fingerprint density at radius 2 is 1.45 bits per heavy atom. The molecule has 0 fully saturated rings. The van der Waals surface area contributed by atoms with Gasteiger partial charge in [0.1, 0.15) is 17.7 Å². The normalized spacial score (nSPS) is 12.3. The standard InChI is InChI=1S/C31H51N5O8/c1-7-10-19-25(27(38)35-36(22-11-8-2)30(41)42-9-3)33-26(37)24(34-29(40)43-31(4,5)6)20-15-16-21-32-44-28(39)23-17-13-12-14-18-23/h12-14,17-18,24-25,32H,7-11,15-16,19-22H2,1-6H3,(H,33,37)(H,34,40)(H,35,38)/t24-,25-/m0/s1. The van der Waals surface area contributed by atoms with Gasteiger partial charge in [0, 0.05) is 13.1 Å². The summed E-state index contributed by atoms with van der Waals surface area (Å²) in [5, 5.41) is 6.48. The van der Waals surface area contributed by atoms with E-state index in [1.54, 1.807) is 58.0 Å². The first-order chi connectivity index (χ1) is 20.9. The number of unbranched alkanes of at least 4 members (excludes halogenated alkanes) is 3. The van der Waals surface area contributed by atoms with Gasteiger partial charge < -0.3 is 24.9 Å². The molecule has 4 amide bonds. The molecule has 2 atom stereocenters. The van der Waals surface area contributed by atoms with Gasteiger partial charge in [-0.25, -0.2) is 19.4 Å². The summed E-state index contributed by atoms with van der Waals surface area (Å²) in [5.41, 5.74) is 4.85. The lowest BCUT2D eigenvalue weighted by Crippen LogP contribution is -2.57. The molecule has 0 aliphatic carbocycles. The van der Waals surface area contributed by atoms with Gasteiger partial charge in [0.2, 0.25) is 5.91 Å². The van der Waals surface area contributed by atoms with Gasteiger partial charge in [0.05, 0.1) is 12.2 Å². The van der Waals surface area contributed by atoms with Crippen molar-refractivity contribution in [2.45, 2.75) is 111 Å². The van der Waals surface area contributed by atoms with Gasteiger partial charge in [-0.05, 0) is 71.9 Å². The highest BCUT2D eigenvalue weighted by Gasteiger charge is 2.29. The van der Waals surface area contributed by atoms with Crippen LogP contribution in [0.5, 0.6) is 0 Å². The molecule has 13 heteroatoms. The van der Waals surface area contributed by atoms with E-state index in [0.717, 1.165) is 17.9 Å². The Kier molecular flexibility index (Phi) is 18.2. The second-order valence-corrected chi connectivity index (χ2v) is 11.2. The summed E-state index contributed by atoms with van der Waals surface area (Å²) in [5.74, 6) is -1.63. The van der Waals surface area contributed by atoms with Crippen molar-refractivity contribution in [3.8, 4) is 0 Å². The summed E-state index contributed by atoms with van der Waals surface area (Å²) in [6, 6.07) is 6.59. The fraction of sp³-hybridized carbons (Fsp3) is 0.645. The molecule has 44 heavy (non-hydrogen) atoms. The van der Waals surface area contributed by atoms with Gasteiger partial charge in [-0.2, -0.15) is 5.48 Å². The van der Waals surface area contributed by atoms with Crippen molar-refractivity contribution in [3.05, 3.63) is 35.9 Å². The number of hydrazine groups is 1. The lowest BCUT2D eigenvalue weighted by Gasteiger charge is -2.27. The first-order valence-corrected chi connectivity index (χ1v) is 15.5. The topological polar surface area (TPSA) is 164 Å². The quantitative estimate of drug-likeness (QED) is 0.106. The number of carbonyl (C=O) groups is 5. The summed E-state index contributed by atoms with van der Waals surface area (Å²) >= 11 is 0. The monoisotopic (exact) mass is 621 g/mol. The van der Waals surface area contributed by atoms with Crippen molar-refractivity contribution in [3.63, 3.8) is 0 Å². The van der Waals surface area contributed by atoms with Gasteiger partial charge >= 0.3 is 18.2 Å². The van der Waals surface area contributed by atoms with E-state index in [0.29, 0.717) is 44.2 Å². The van der Waals surface area contributed by atoms with Gasteiger partial charge in [-0.1, -0.05) is 51.3 Å². The zero-order valence-electron chi connectivity index (χ0n) is 27.0. The van der Waals surface area contributed by atoms with Crippen LogP contribution >= 0.6 is 0 Å². The minimum atomic E-state index is -1.00. The molecule has 1 aromatic carbocycles. The van der Waals surface area contributed by atoms with Gasteiger partial charge in [0.25, 0.3) is 5.91 Å². The molecule has 0 heterocycles. The molecule has 13 nitrogen and oxygen atoms in total. The van der Waals surface area contributed by atoms with Crippen LogP contribution in [0.15, 0.2) is 30.3 Å². The Bertz CT molecular complexity index is 1030. The Balaban J connectivity index is 2.88. The predicted octanol–water partition coefficient (Wildman–Crippen LogP) is 4.38. The van der Waals surface area contributed by atoms with E-state index >= 15 is 0 Å². The van der Waals surface area contributed by atoms with Gasteiger partial charge in [0.15, 0.2) is 0 Å². The third kappa shape index (κ3) is 16.1. The van der Waals surface area contributed by atoms with Crippen LogP contribution in [0.4, 0.5) is 9.59 Å². The van der Waals surface area contributed by atoms with Crippen molar-refractivity contribution in [1.29, 1.82) is 0 Å². The Hall–Kier alpha value is -3.87. The van der Waals surface area contributed by atoms with Crippen molar-refractivity contribution >= 4 is 30.0 Å². The maximum atomic E-state index is 13.4. The summed E-state index contributed by atoms with van der Waals surface area (Å²) in [6.07, 6.45) is 2.97. The van der Waals surface area contributed by atoms with Crippen LogP contribution in [0.25, 0.3) is 0 Å². The number of benzene rings is 1. The van der Waals surface area contributed by atoms with Crippen molar-refractivity contribution in [1.82, 2.24) is 26.5 Å². The molecular weight excluding hydrogens is 570 g/mol. The molecule has 0 saturated carbocycles. The molecule has 248 valence electrons. The van der Waals surface area contributed by atoms with E-state index in [2.05, 4.69) is 21.5 Å². The highest BCUT2D eigenvalue weighted by molar-refractivity contribution is 5.92. The summed E-state index contributed by atoms with van der Waals surface area (Å²) < 4.78 is 10.4. The highest BCUT2D eigenvalue weighted by Crippen LogP contribution is 2.10. The lowest BCUT2D eigenvalue weighted by molar-refractivity contribution is -0.132. The van der Waals surface area contributed by atoms with Crippen molar-refractivity contribution in [2.75, 3.05) is 19.7 Å². The fourth-order valence-corrected chi connectivity index (χ4v) is 3.88. The van der Waals surface area contributed by atoms with Gasteiger partial charge in [-0.3, -0.25) is 15.0 Å².